The van der Waals surface area contributed by atoms with Crippen molar-refractivity contribution < 1.29 is 4.74 Å². The van der Waals surface area contributed by atoms with Crippen molar-refractivity contribution in [3.8, 4) is 5.75 Å². The van der Waals surface area contributed by atoms with Gasteiger partial charge in [0.2, 0.25) is 0 Å². The molecule has 0 aliphatic rings. The number of hydrogen-bond acceptors (Lipinski definition) is 6. The molecule has 2 unspecified atom stereocenters. The Labute approximate surface area is 123 Å². The molecule has 0 aliphatic carbocycles. The summed E-state index contributed by atoms with van der Waals surface area (Å²) in [7, 11) is 1.66. The summed E-state index contributed by atoms with van der Waals surface area (Å²) in [4.78, 5) is 4.51. The summed E-state index contributed by atoms with van der Waals surface area (Å²) < 4.78 is 9.70. The maximum atomic E-state index is 6.06. The van der Waals surface area contributed by atoms with Crippen molar-refractivity contribution in [3.63, 3.8) is 0 Å². The van der Waals surface area contributed by atoms with E-state index in [9.17, 15) is 0 Å². The van der Waals surface area contributed by atoms with Crippen LogP contribution in [0.5, 0.6) is 5.75 Å². The molecular weight excluding hydrogens is 272 g/mol. The third kappa shape index (κ3) is 3.75. The van der Waals surface area contributed by atoms with Gasteiger partial charge in [-0.25, -0.2) is 4.98 Å². The maximum Gasteiger partial charge on any atom is 0.147 e. The summed E-state index contributed by atoms with van der Waals surface area (Å²) in [6, 6.07) is 7.80. The van der Waals surface area contributed by atoms with Gasteiger partial charge in [-0.1, -0.05) is 18.2 Å². The van der Waals surface area contributed by atoms with Crippen molar-refractivity contribution in [2.75, 3.05) is 7.11 Å². The molecule has 0 fully saturated rings. The van der Waals surface area contributed by atoms with Gasteiger partial charge in [0.1, 0.15) is 16.6 Å². The number of methoxy groups -OCH3 is 1. The lowest BCUT2D eigenvalue weighted by molar-refractivity contribution is 0.410. The first-order valence-corrected chi connectivity index (χ1v) is 7.33. The fourth-order valence-corrected chi connectivity index (χ4v) is 2.69. The van der Waals surface area contributed by atoms with E-state index >= 15 is 0 Å². The van der Waals surface area contributed by atoms with E-state index in [2.05, 4.69) is 9.36 Å². The van der Waals surface area contributed by atoms with Crippen LogP contribution in [-0.4, -0.2) is 22.5 Å². The molecule has 0 aliphatic heterocycles. The van der Waals surface area contributed by atoms with Gasteiger partial charge in [0.05, 0.1) is 13.2 Å². The van der Waals surface area contributed by atoms with Gasteiger partial charge in [0.25, 0.3) is 0 Å². The number of aromatic nitrogens is 2. The van der Waals surface area contributed by atoms with Crippen LogP contribution in [0.15, 0.2) is 24.3 Å². The number of para-hydroxylation sites is 1. The second-order valence-electron chi connectivity index (χ2n) is 4.86. The summed E-state index contributed by atoms with van der Waals surface area (Å²) >= 11 is 1.35. The van der Waals surface area contributed by atoms with Gasteiger partial charge >= 0.3 is 0 Å². The maximum absolute atomic E-state index is 6.06. The molecule has 0 spiro atoms. The molecule has 0 saturated carbocycles. The topological polar surface area (TPSA) is 87.0 Å². The molecule has 2 rings (SSSR count). The lowest BCUT2D eigenvalue weighted by Crippen LogP contribution is -2.23. The molecule has 1 aromatic carbocycles. The van der Waals surface area contributed by atoms with E-state index in [1.165, 1.54) is 11.5 Å². The van der Waals surface area contributed by atoms with Crippen LogP contribution in [-0.2, 0) is 6.42 Å². The zero-order chi connectivity index (χ0) is 14.5. The molecule has 1 heterocycles. The van der Waals surface area contributed by atoms with Crippen molar-refractivity contribution >= 4 is 11.5 Å². The van der Waals surface area contributed by atoms with E-state index in [-0.39, 0.29) is 12.1 Å². The van der Waals surface area contributed by atoms with Crippen LogP contribution in [0.4, 0.5) is 0 Å². The highest BCUT2D eigenvalue weighted by atomic mass is 32.1. The highest BCUT2D eigenvalue weighted by Gasteiger charge is 2.15. The third-order valence-corrected chi connectivity index (χ3v) is 3.85. The van der Waals surface area contributed by atoms with Crippen molar-refractivity contribution in [3.05, 3.63) is 40.7 Å². The lowest BCUT2D eigenvalue weighted by Gasteiger charge is -2.10. The fraction of sp³-hybridized carbons (Fsp3) is 0.429. The number of benzene rings is 1. The average Bonchev–Trinajstić information content (AvgIpc) is 2.87. The first kappa shape index (κ1) is 14.9. The summed E-state index contributed by atoms with van der Waals surface area (Å²) in [6.07, 6.45) is 1.36. The zero-order valence-corrected chi connectivity index (χ0v) is 12.6. The van der Waals surface area contributed by atoms with E-state index in [0.29, 0.717) is 12.8 Å². The zero-order valence-electron chi connectivity index (χ0n) is 11.7. The quantitative estimate of drug-likeness (QED) is 0.848. The molecular formula is C14H20N4OS. The van der Waals surface area contributed by atoms with Crippen LogP contribution in [0.3, 0.4) is 0 Å². The predicted octanol–water partition coefficient (Wildman–Crippen LogP) is 1.87. The Morgan fingerprint density at radius 1 is 1.30 bits per heavy atom. The highest BCUT2D eigenvalue weighted by molar-refractivity contribution is 7.05. The standard InChI is InChI=1S/C14H20N4OS/c1-9(15)7-11(16)14-17-13(18-20-14)8-10-5-3-4-6-12(10)19-2/h3-6,9,11H,7-8,15-16H2,1-2H3. The summed E-state index contributed by atoms with van der Waals surface area (Å²) in [5.74, 6) is 1.62. The molecule has 0 bridgehead atoms. The molecule has 2 atom stereocenters. The molecule has 4 N–H and O–H groups in total. The number of nitrogens with zero attached hydrogens (tertiary/aromatic N) is 2. The Morgan fingerprint density at radius 2 is 2.05 bits per heavy atom. The number of ether oxygens (including phenoxy) is 1. The Balaban J connectivity index is 2.09. The largest absolute Gasteiger partial charge is 0.496 e. The molecule has 2 aromatic rings. The van der Waals surface area contributed by atoms with Crippen LogP contribution in [0.1, 0.15) is 35.8 Å². The first-order chi connectivity index (χ1) is 9.60. The van der Waals surface area contributed by atoms with Crippen LogP contribution in [0.2, 0.25) is 0 Å². The van der Waals surface area contributed by atoms with Crippen molar-refractivity contribution in [1.29, 1.82) is 0 Å². The Morgan fingerprint density at radius 3 is 2.75 bits per heavy atom. The van der Waals surface area contributed by atoms with Gasteiger partial charge in [-0.05, 0) is 30.9 Å². The van der Waals surface area contributed by atoms with Gasteiger partial charge in [-0.2, -0.15) is 4.37 Å². The molecule has 0 saturated heterocycles. The van der Waals surface area contributed by atoms with E-state index in [0.717, 1.165) is 22.1 Å². The minimum absolute atomic E-state index is 0.0616. The smallest absolute Gasteiger partial charge is 0.147 e. The molecule has 20 heavy (non-hydrogen) atoms. The summed E-state index contributed by atoms with van der Waals surface area (Å²) in [5, 5.41) is 0.840. The van der Waals surface area contributed by atoms with Gasteiger partial charge in [-0.15, -0.1) is 0 Å². The number of hydrogen-bond donors (Lipinski definition) is 2. The minimum atomic E-state index is -0.140. The van der Waals surface area contributed by atoms with Gasteiger partial charge in [0, 0.05) is 18.0 Å². The van der Waals surface area contributed by atoms with E-state index in [1.54, 1.807) is 7.11 Å². The van der Waals surface area contributed by atoms with Crippen LogP contribution >= 0.6 is 11.5 Å². The minimum Gasteiger partial charge on any atom is -0.496 e. The first-order valence-electron chi connectivity index (χ1n) is 6.55. The van der Waals surface area contributed by atoms with Crippen molar-refractivity contribution in [2.24, 2.45) is 11.5 Å². The molecule has 5 nitrogen and oxygen atoms in total. The molecule has 6 heteroatoms. The van der Waals surface area contributed by atoms with Gasteiger partial charge in [0.15, 0.2) is 0 Å². The monoisotopic (exact) mass is 292 g/mol. The van der Waals surface area contributed by atoms with E-state index in [1.807, 2.05) is 31.2 Å². The van der Waals surface area contributed by atoms with Crippen molar-refractivity contribution in [1.82, 2.24) is 9.36 Å². The SMILES string of the molecule is COc1ccccc1Cc1nsc(C(N)CC(C)N)n1. The molecule has 1 aromatic heterocycles. The molecule has 0 radical (unpaired) electrons. The fourth-order valence-electron chi connectivity index (χ4n) is 2.01. The molecule has 0 amide bonds. The summed E-state index contributed by atoms with van der Waals surface area (Å²) in [6.45, 7) is 1.94. The highest BCUT2D eigenvalue weighted by Crippen LogP contribution is 2.22. The van der Waals surface area contributed by atoms with Crippen molar-refractivity contribution in [2.45, 2.75) is 31.8 Å². The number of rotatable bonds is 6. The average molecular weight is 292 g/mol. The van der Waals surface area contributed by atoms with Gasteiger partial charge < -0.3 is 16.2 Å². The molecule has 108 valence electrons. The van der Waals surface area contributed by atoms with Gasteiger partial charge in [-0.3, -0.25) is 0 Å². The second-order valence-corrected chi connectivity index (χ2v) is 5.64. The normalized spacial score (nSPS) is 14.0. The third-order valence-electron chi connectivity index (χ3n) is 2.97. The number of nitrogens with two attached hydrogens (primary N) is 2. The lowest BCUT2D eigenvalue weighted by atomic mass is 10.1. The van der Waals surface area contributed by atoms with E-state index in [4.69, 9.17) is 16.2 Å². The second kappa shape index (κ2) is 6.78. The Bertz CT molecular complexity index is 556. The van der Waals surface area contributed by atoms with Crippen LogP contribution in [0, 0.1) is 0 Å². The Kier molecular flexibility index (Phi) is 5.05. The van der Waals surface area contributed by atoms with Crippen LogP contribution < -0.4 is 16.2 Å². The van der Waals surface area contributed by atoms with Crippen LogP contribution in [0.25, 0.3) is 0 Å². The predicted molar refractivity (Wildman–Crippen MR) is 80.9 cm³/mol. The van der Waals surface area contributed by atoms with E-state index < -0.39 is 0 Å². The Hall–Kier alpha value is -1.50. The summed E-state index contributed by atoms with van der Waals surface area (Å²) in [5.41, 5.74) is 12.9.